The monoisotopic (exact) mass is 354 g/mol. The molecule has 0 spiro atoms. The summed E-state index contributed by atoms with van der Waals surface area (Å²) in [6.07, 6.45) is 5.46. The highest BCUT2D eigenvalue weighted by molar-refractivity contribution is 9.10. The standard InChI is InChI=1S/C14H19BrN4S/c1-2-19-14(11(15)8-17-19)13(18-16)10-4-3-5-12-9(10)6-7-20-12/h6-8,10,13,18H,2-5,16H2,1H3. The third kappa shape index (κ3) is 2.35. The second-order valence-corrected chi connectivity index (χ2v) is 6.99. The molecule has 6 heteroatoms. The van der Waals surface area contributed by atoms with Crippen LogP contribution in [0.2, 0.25) is 0 Å². The molecule has 3 N–H and O–H groups in total. The van der Waals surface area contributed by atoms with Crippen molar-refractivity contribution < 1.29 is 0 Å². The van der Waals surface area contributed by atoms with E-state index in [0.29, 0.717) is 5.92 Å². The van der Waals surface area contributed by atoms with Gasteiger partial charge in [-0.3, -0.25) is 16.0 Å². The van der Waals surface area contributed by atoms with Gasteiger partial charge < -0.3 is 0 Å². The van der Waals surface area contributed by atoms with Gasteiger partial charge in [0, 0.05) is 17.3 Å². The zero-order chi connectivity index (χ0) is 14.1. The molecule has 2 unspecified atom stereocenters. The van der Waals surface area contributed by atoms with Crippen LogP contribution >= 0.6 is 27.3 Å². The highest BCUT2D eigenvalue weighted by atomic mass is 79.9. The van der Waals surface area contributed by atoms with Crippen LogP contribution in [0.25, 0.3) is 0 Å². The first-order valence-electron chi connectivity index (χ1n) is 6.99. The van der Waals surface area contributed by atoms with Crippen LogP contribution in [-0.4, -0.2) is 9.78 Å². The van der Waals surface area contributed by atoms with Gasteiger partial charge in [0.05, 0.1) is 22.4 Å². The number of rotatable bonds is 4. The fraction of sp³-hybridized carbons (Fsp3) is 0.500. The quantitative estimate of drug-likeness (QED) is 0.653. The number of fused-ring (bicyclic) bond motifs is 1. The van der Waals surface area contributed by atoms with Crippen LogP contribution in [0.4, 0.5) is 0 Å². The lowest BCUT2D eigenvalue weighted by Gasteiger charge is -2.31. The summed E-state index contributed by atoms with van der Waals surface area (Å²) >= 11 is 5.49. The Morgan fingerprint density at radius 1 is 1.65 bits per heavy atom. The molecule has 20 heavy (non-hydrogen) atoms. The smallest absolute Gasteiger partial charge is 0.0715 e. The number of aryl methyl sites for hydroxylation is 2. The number of thiophene rings is 1. The number of nitrogens with one attached hydrogen (secondary N) is 1. The van der Waals surface area contributed by atoms with Crippen LogP contribution in [0.15, 0.2) is 22.1 Å². The van der Waals surface area contributed by atoms with Crippen molar-refractivity contribution in [3.05, 3.63) is 38.3 Å². The van der Waals surface area contributed by atoms with E-state index in [1.165, 1.54) is 29.7 Å². The topological polar surface area (TPSA) is 55.9 Å². The molecule has 0 bridgehead atoms. The van der Waals surface area contributed by atoms with Crippen LogP contribution in [0, 0.1) is 0 Å². The number of hydrazine groups is 1. The van der Waals surface area contributed by atoms with Crippen molar-refractivity contribution in [3.8, 4) is 0 Å². The normalized spacial score (nSPS) is 19.9. The van der Waals surface area contributed by atoms with Crippen molar-refractivity contribution >= 4 is 27.3 Å². The lowest BCUT2D eigenvalue weighted by atomic mass is 9.81. The minimum atomic E-state index is 0.0977. The van der Waals surface area contributed by atoms with Gasteiger partial charge in [-0.15, -0.1) is 11.3 Å². The second-order valence-electron chi connectivity index (χ2n) is 5.14. The predicted molar refractivity (Wildman–Crippen MR) is 85.7 cm³/mol. The lowest BCUT2D eigenvalue weighted by Crippen LogP contribution is -2.35. The molecule has 0 fully saturated rings. The predicted octanol–water partition coefficient (Wildman–Crippen LogP) is 3.35. The first-order valence-corrected chi connectivity index (χ1v) is 8.67. The summed E-state index contributed by atoms with van der Waals surface area (Å²) in [6.45, 7) is 2.95. The molecule has 0 saturated carbocycles. The molecule has 4 nitrogen and oxygen atoms in total. The highest BCUT2D eigenvalue weighted by Gasteiger charge is 2.32. The van der Waals surface area contributed by atoms with E-state index in [4.69, 9.17) is 5.84 Å². The van der Waals surface area contributed by atoms with Gasteiger partial charge in [0.1, 0.15) is 0 Å². The molecule has 2 aromatic rings. The number of aromatic nitrogens is 2. The molecular weight excluding hydrogens is 336 g/mol. The van der Waals surface area contributed by atoms with Gasteiger partial charge in [0.2, 0.25) is 0 Å². The maximum absolute atomic E-state index is 5.90. The molecule has 0 saturated heterocycles. The number of nitrogens with two attached hydrogens (primary N) is 1. The molecule has 3 rings (SSSR count). The first-order chi connectivity index (χ1) is 9.76. The van der Waals surface area contributed by atoms with Gasteiger partial charge in [0.15, 0.2) is 0 Å². The van der Waals surface area contributed by atoms with Crippen molar-refractivity contribution in [3.63, 3.8) is 0 Å². The molecule has 108 valence electrons. The van der Waals surface area contributed by atoms with Gasteiger partial charge >= 0.3 is 0 Å². The van der Waals surface area contributed by atoms with Crippen LogP contribution in [0.1, 0.15) is 47.9 Å². The Hall–Kier alpha value is -0.690. The van der Waals surface area contributed by atoms with Crippen LogP contribution in [0.3, 0.4) is 0 Å². The van der Waals surface area contributed by atoms with E-state index in [0.717, 1.165) is 16.7 Å². The Bertz CT molecular complexity index is 592. The molecule has 2 atom stereocenters. The van der Waals surface area contributed by atoms with E-state index < -0.39 is 0 Å². The van der Waals surface area contributed by atoms with Crippen LogP contribution < -0.4 is 11.3 Å². The van der Waals surface area contributed by atoms with Crippen LogP contribution in [0.5, 0.6) is 0 Å². The summed E-state index contributed by atoms with van der Waals surface area (Å²) in [6, 6.07) is 2.36. The van der Waals surface area contributed by atoms with Crippen molar-refractivity contribution in [2.75, 3.05) is 0 Å². The van der Waals surface area contributed by atoms with Gasteiger partial charge in [-0.2, -0.15) is 5.10 Å². The highest BCUT2D eigenvalue weighted by Crippen LogP contribution is 2.43. The van der Waals surface area contributed by atoms with E-state index in [9.17, 15) is 0 Å². The Morgan fingerprint density at radius 2 is 2.50 bits per heavy atom. The summed E-state index contributed by atoms with van der Waals surface area (Å²) in [5, 5.41) is 6.62. The third-order valence-corrected chi connectivity index (χ3v) is 5.72. The molecule has 1 aliphatic carbocycles. The largest absolute Gasteiger partial charge is 0.271 e. The van der Waals surface area contributed by atoms with Gasteiger partial charge in [-0.1, -0.05) is 0 Å². The maximum Gasteiger partial charge on any atom is 0.0715 e. The summed E-state index contributed by atoms with van der Waals surface area (Å²) < 4.78 is 3.06. The maximum atomic E-state index is 5.90. The molecule has 0 radical (unpaired) electrons. The molecule has 1 aliphatic rings. The van der Waals surface area contributed by atoms with Gasteiger partial charge in [-0.05, 0) is 59.1 Å². The van der Waals surface area contributed by atoms with E-state index in [1.54, 1.807) is 0 Å². The third-order valence-electron chi connectivity index (χ3n) is 4.11. The van der Waals surface area contributed by atoms with Gasteiger partial charge in [-0.25, -0.2) is 0 Å². The summed E-state index contributed by atoms with van der Waals surface area (Å²) in [5.41, 5.74) is 5.64. The fourth-order valence-corrected chi connectivity index (χ4v) is 4.73. The first kappa shape index (κ1) is 14.3. The SMILES string of the molecule is CCn1ncc(Br)c1C(NN)C1CCCc2sccc21. The summed E-state index contributed by atoms with van der Waals surface area (Å²) in [5.74, 6) is 6.33. The zero-order valence-corrected chi connectivity index (χ0v) is 13.9. The Labute approximate surface area is 131 Å². The number of halogens is 1. The van der Waals surface area contributed by atoms with E-state index in [-0.39, 0.29) is 6.04 Å². The average molecular weight is 355 g/mol. The van der Waals surface area contributed by atoms with Crippen molar-refractivity contribution in [2.24, 2.45) is 5.84 Å². The number of nitrogens with zero attached hydrogens (tertiary/aromatic N) is 2. The minimum absolute atomic E-state index is 0.0977. The fourth-order valence-electron chi connectivity index (χ4n) is 3.19. The molecule has 2 aromatic heterocycles. The van der Waals surface area contributed by atoms with Gasteiger partial charge in [0.25, 0.3) is 0 Å². The molecule has 2 heterocycles. The number of hydrogen-bond donors (Lipinski definition) is 2. The minimum Gasteiger partial charge on any atom is -0.271 e. The second kappa shape index (κ2) is 5.97. The van der Waals surface area contributed by atoms with E-state index in [1.807, 2.05) is 22.2 Å². The number of hydrogen-bond acceptors (Lipinski definition) is 4. The lowest BCUT2D eigenvalue weighted by molar-refractivity contribution is 0.385. The van der Waals surface area contributed by atoms with Crippen LogP contribution in [-0.2, 0) is 13.0 Å². The van der Waals surface area contributed by atoms with Crippen molar-refractivity contribution in [1.29, 1.82) is 0 Å². The Balaban J connectivity index is 2.01. The zero-order valence-electron chi connectivity index (χ0n) is 11.5. The van der Waals surface area contributed by atoms with Crippen molar-refractivity contribution in [1.82, 2.24) is 15.2 Å². The van der Waals surface area contributed by atoms with E-state index in [2.05, 4.69) is 44.8 Å². The molecule has 0 aliphatic heterocycles. The Morgan fingerprint density at radius 3 is 3.25 bits per heavy atom. The summed E-state index contributed by atoms with van der Waals surface area (Å²) in [4.78, 5) is 1.51. The average Bonchev–Trinajstić information content (AvgIpc) is 3.07. The van der Waals surface area contributed by atoms with Crippen molar-refractivity contribution in [2.45, 2.75) is 44.7 Å². The van der Waals surface area contributed by atoms with E-state index >= 15 is 0 Å². The molecule has 0 amide bonds. The molecule has 0 aromatic carbocycles. The Kier molecular flexibility index (Phi) is 4.26. The molecular formula is C14H19BrN4S. The summed E-state index contributed by atoms with van der Waals surface area (Å²) in [7, 11) is 0.